The standard InChI is InChI=1S/C24H30FN5O2/c1-3-28(4-2)15-17-9-5-6-14-29(17)16-21(31)30-20-12-7-10-18(25)22(20)24(32)27-19-11-8-13-26-23(19)30/h7-8,10-13,17H,3-6,9,14-16H2,1-2H3,(H,27,32). The molecule has 2 amide bonds. The number of nitrogens with zero attached hydrogens (tertiary/aromatic N) is 4. The van der Waals surface area contributed by atoms with Crippen LogP contribution in [0.1, 0.15) is 43.5 Å². The fourth-order valence-electron chi connectivity index (χ4n) is 4.65. The van der Waals surface area contributed by atoms with Crippen LogP contribution >= 0.6 is 0 Å². The van der Waals surface area contributed by atoms with Crippen molar-refractivity contribution < 1.29 is 14.0 Å². The fraction of sp³-hybridized carbons (Fsp3) is 0.458. The summed E-state index contributed by atoms with van der Waals surface area (Å²) in [6, 6.07) is 7.99. The maximum atomic E-state index is 14.7. The van der Waals surface area contributed by atoms with E-state index in [2.05, 4.69) is 33.9 Å². The Kier molecular flexibility index (Phi) is 6.81. The molecule has 1 saturated heterocycles. The molecule has 2 aliphatic rings. The minimum Gasteiger partial charge on any atom is -0.319 e. The third kappa shape index (κ3) is 4.38. The number of pyridine rings is 1. The van der Waals surface area contributed by atoms with Crippen LogP contribution in [-0.2, 0) is 4.79 Å². The highest BCUT2D eigenvalue weighted by molar-refractivity contribution is 6.17. The summed E-state index contributed by atoms with van der Waals surface area (Å²) < 4.78 is 14.7. The highest BCUT2D eigenvalue weighted by Gasteiger charge is 2.34. The third-order valence-electron chi connectivity index (χ3n) is 6.41. The maximum absolute atomic E-state index is 14.7. The van der Waals surface area contributed by atoms with Gasteiger partial charge >= 0.3 is 0 Å². The first-order valence-electron chi connectivity index (χ1n) is 11.4. The molecule has 7 nitrogen and oxygen atoms in total. The summed E-state index contributed by atoms with van der Waals surface area (Å²) in [5.74, 6) is -1.16. The van der Waals surface area contributed by atoms with Crippen molar-refractivity contribution in [2.24, 2.45) is 0 Å². The van der Waals surface area contributed by atoms with E-state index in [1.165, 1.54) is 17.0 Å². The van der Waals surface area contributed by atoms with Gasteiger partial charge in [0.2, 0.25) is 5.91 Å². The first kappa shape index (κ1) is 22.4. The Morgan fingerprint density at radius 2 is 2.03 bits per heavy atom. The predicted molar refractivity (Wildman–Crippen MR) is 123 cm³/mol. The minimum atomic E-state index is -0.664. The lowest BCUT2D eigenvalue weighted by Gasteiger charge is -2.38. The Morgan fingerprint density at radius 3 is 2.81 bits per heavy atom. The molecule has 32 heavy (non-hydrogen) atoms. The van der Waals surface area contributed by atoms with Gasteiger partial charge in [0, 0.05) is 18.8 Å². The molecule has 0 radical (unpaired) electrons. The van der Waals surface area contributed by atoms with Gasteiger partial charge in [0.1, 0.15) is 5.82 Å². The molecule has 1 aromatic heterocycles. The van der Waals surface area contributed by atoms with E-state index in [1.807, 2.05) is 0 Å². The van der Waals surface area contributed by atoms with Crippen molar-refractivity contribution in [2.45, 2.75) is 39.2 Å². The molecule has 1 atom stereocenters. The molecular formula is C24H30FN5O2. The Bertz CT molecular complexity index is 994. The maximum Gasteiger partial charge on any atom is 0.260 e. The topological polar surface area (TPSA) is 68.8 Å². The van der Waals surface area contributed by atoms with E-state index in [9.17, 15) is 14.0 Å². The number of hydrogen-bond donors (Lipinski definition) is 1. The minimum absolute atomic E-state index is 0.141. The van der Waals surface area contributed by atoms with Gasteiger partial charge in [-0.15, -0.1) is 0 Å². The molecule has 3 heterocycles. The zero-order valence-electron chi connectivity index (χ0n) is 18.7. The Morgan fingerprint density at radius 1 is 1.22 bits per heavy atom. The van der Waals surface area contributed by atoms with Crippen LogP contribution in [0.15, 0.2) is 36.5 Å². The Balaban J connectivity index is 1.68. The van der Waals surface area contributed by atoms with E-state index in [1.54, 1.807) is 24.4 Å². The number of rotatable bonds is 6. The zero-order chi connectivity index (χ0) is 22.7. The van der Waals surface area contributed by atoms with E-state index in [0.717, 1.165) is 45.4 Å². The van der Waals surface area contributed by atoms with Crippen LogP contribution in [-0.4, -0.2) is 65.4 Å². The number of likely N-dealkylation sites (tertiary alicyclic amines) is 1. The van der Waals surface area contributed by atoms with Crippen LogP contribution in [0.5, 0.6) is 0 Å². The van der Waals surface area contributed by atoms with Crippen LogP contribution in [0, 0.1) is 5.82 Å². The summed E-state index contributed by atoms with van der Waals surface area (Å²) in [4.78, 5) is 36.8. The summed E-state index contributed by atoms with van der Waals surface area (Å²) in [5.41, 5.74) is 0.472. The molecule has 2 aromatic rings. The average molecular weight is 440 g/mol. The Hall–Kier alpha value is -2.84. The monoisotopic (exact) mass is 439 g/mol. The third-order valence-corrected chi connectivity index (χ3v) is 6.41. The first-order valence-corrected chi connectivity index (χ1v) is 11.4. The number of fused-ring (bicyclic) bond motifs is 2. The quantitative estimate of drug-likeness (QED) is 0.744. The molecule has 0 aliphatic carbocycles. The normalized spacial score (nSPS) is 18.7. The van der Waals surface area contributed by atoms with E-state index in [0.29, 0.717) is 11.5 Å². The largest absolute Gasteiger partial charge is 0.319 e. The molecule has 1 fully saturated rings. The van der Waals surface area contributed by atoms with Gasteiger partial charge in [0.05, 0.1) is 23.5 Å². The molecule has 0 bridgehead atoms. The summed E-state index contributed by atoms with van der Waals surface area (Å²) in [6.45, 7) is 8.19. The predicted octanol–water partition coefficient (Wildman–Crippen LogP) is 3.65. The molecule has 0 spiro atoms. The van der Waals surface area contributed by atoms with E-state index < -0.39 is 11.7 Å². The van der Waals surface area contributed by atoms with Crippen LogP contribution in [0.25, 0.3) is 0 Å². The van der Waals surface area contributed by atoms with Gasteiger partial charge in [-0.25, -0.2) is 9.37 Å². The van der Waals surface area contributed by atoms with Crippen molar-refractivity contribution >= 4 is 29.0 Å². The molecule has 8 heteroatoms. The molecule has 1 unspecified atom stereocenters. The lowest BCUT2D eigenvalue weighted by atomic mass is 10.0. The van der Waals surface area contributed by atoms with Gasteiger partial charge < -0.3 is 10.2 Å². The van der Waals surface area contributed by atoms with Gasteiger partial charge in [-0.05, 0) is 56.7 Å². The number of nitrogens with one attached hydrogen (secondary N) is 1. The summed E-state index contributed by atoms with van der Waals surface area (Å²) in [6.07, 6.45) is 4.81. The second kappa shape index (κ2) is 9.75. The van der Waals surface area contributed by atoms with Gasteiger partial charge in [0.25, 0.3) is 5.91 Å². The second-order valence-corrected chi connectivity index (χ2v) is 8.30. The smallest absolute Gasteiger partial charge is 0.260 e. The average Bonchev–Trinajstić information content (AvgIpc) is 2.92. The van der Waals surface area contributed by atoms with Crippen LogP contribution in [0.2, 0.25) is 0 Å². The summed E-state index contributed by atoms with van der Waals surface area (Å²) in [5, 5.41) is 2.70. The highest BCUT2D eigenvalue weighted by Crippen LogP contribution is 2.37. The fourth-order valence-corrected chi connectivity index (χ4v) is 4.65. The number of carbonyl (C=O) groups is 2. The van der Waals surface area contributed by atoms with Crippen molar-refractivity contribution in [3.63, 3.8) is 0 Å². The number of aromatic nitrogens is 1. The number of halogens is 1. The SMILES string of the molecule is CCN(CC)CC1CCCCN1CC(=O)N1c2cccc(F)c2C(=O)Nc2cccnc21. The molecule has 4 rings (SSSR count). The van der Waals surface area contributed by atoms with Crippen molar-refractivity contribution in [1.29, 1.82) is 0 Å². The van der Waals surface area contributed by atoms with Gasteiger partial charge in [-0.1, -0.05) is 26.3 Å². The zero-order valence-corrected chi connectivity index (χ0v) is 18.7. The number of carbonyl (C=O) groups excluding carboxylic acids is 2. The molecule has 1 aromatic carbocycles. The van der Waals surface area contributed by atoms with E-state index in [-0.39, 0.29) is 29.7 Å². The molecule has 0 saturated carbocycles. The van der Waals surface area contributed by atoms with Crippen molar-refractivity contribution in [3.05, 3.63) is 47.9 Å². The number of piperidine rings is 1. The van der Waals surface area contributed by atoms with Crippen molar-refractivity contribution in [1.82, 2.24) is 14.8 Å². The summed E-state index contributed by atoms with van der Waals surface area (Å²) in [7, 11) is 0. The molecule has 170 valence electrons. The van der Waals surface area contributed by atoms with Crippen molar-refractivity contribution in [2.75, 3.05) is 42.9 Å². The molecular weight excluding hydrogens is 409 g/mol. The number of benzene rings is 1. The second-order valence-electron chi connectivity index (χ2n) is 8.30. The van der Waals surface area contributed by atoms with Gasteiger partial charge in [-0.2, -0.15) is 0 Å². The lowest BCUT2D eigenvalue weighted by Crippen LogP contribution is -2.50. The lowest BCUT2D eigenvalue weighted by molar-refractivity contribution is -0.120. The summed E-state index contributed by atoms with van der Waals surface area (Å²) >= 11 is 0. The Labute approximate surface area is 188 Å². The highest BCUT2D eigenvalue weighted by atomic mass is 19.1. The first-order chi connectivity index (χ1) is 15.5. The molecule has 1 N–H and O–H groups in total. The van der Waals surface area contributed by atoms with Gasteiger partial charge in [0.15, 0.2) is 5.82 Å². The van der Waals surface area contributed by atoms with E-state index in [4.69, 9.17) is 0 Å². The molecule has 2 aliphatic heterocycles. The van der Waals surface area contributed by atoms with Crippen molar-refractivity contribution in [3.8, 4) is 0 Å². The number of hydrogen-bond acceptors (Lipinski definition) is 5. The van der Waals surface area contributed by atoms with Crippen LogP contribution < -0.4 is 10.2 Å². The number of likely N-dealkylation sites (N-methyl/N-ethyl adjacent to an activating group) is 1. The van der Waals surface area contributed by atoms with Gasteiger partial charge in [-0.3, -0.25) is 19.4 Å². The van der Waals surface area contributed by atoms with Crippen LogP contribution in [0.3, 0.4) is 0 Å². The number of amides is 2. The van der Waals surface area contributed by atoms with Crippen LogP contribution in [0.4, 0.5) is 21.6 Å². The number of anilines is 3. The van der Waals surface area contributed by atoms with E-state index >= 15 is 0 Å².